The number of hydrogen-bond donors (Lipinski definition) is 8. The fraction of sp³-hybridized carbons (Fsp3) is 0.447. The van der Waals surface area contributed by atoms with Gasteiger partial charge in [0.25, 0.3) is 11.8 Å². The second kappa shape index (κ2) is 36.4. The van der Waals surface area contributed by atoms with Gasteiger partial charge in [0.15, 0.2) is 47.2 Å². The predicted molar refractivity (Wildman–Crippen MR) is 443 cm³/mol. The molecule has 32 nitrogen and oxygen atoms in total. The summed E-state index contributed by atoms with van der Waals surface area (Å²) in [5.74, 6) is -13.7. The van der Waals surface area contributed by atoms with E-state index in [2.05, 4.69) is 10.6 Å². The van der Waals surface area contributed by atoms with Crippen LogP contribution in [-0.4, -0.2) is 222 Å². The largest absolute Gasteiger partial charge is 0.456 e. The van der Waals surface area contributed by atoms with Crippen molar-refractivity contribution < 1.29 is 146 Å². The smallest absolute Gasteiger partial charge is 0.338 e. The maximum Gasteiger partial charge on any atom is 0.338 e. The highest BCUT2D eigenvalue weighted by molar-refractivity contribution is 5.99. The van der Waals surface area contributed by atoms with Crippen LogP contribution in [0.5, 0.6) is 0 Å². The number of carbonyl (C=O) groups excluding carboxylic acids is 12. The molecule has 6 aromatic carbocycles. The molecule has 2 saturated heterocycles. The molecule has 4 saturated carbocycles. The van der Waals surface area contributed by atoms with Gasteiger partial charge in [-0.25, -0.2) is 19.2 Å². The van der Waals surface area contributed by atoms with E-state index in [1.54, 1.807) is 185 Å². The number of aliphatic hydroxyl groups is 6. The summed E-state index contributed by atoms with van der Waals surface area (Å²) in [5, 5.41) is 80.5. The molecule has 6 fully saturated rings. The topological polar surface area (TPSA) is 506 Å². The number of aliphatic hydroxyl groups excluding tert-OH is 4. The van der Waals surface area contributed by atoms with Crippen LogP contribution in [-0.2, 0) is 85.7 Å². The Kier molecular flexibility index (Phi) is 27.5. The van der Waals surface area contributed by atoms with Gasteiger partial charge in [-0.15, -0.1) is 0 Å². The van der Waals surface area contributed by atoms with Gasteiger partial charge in [0.1, 0.15) is 47.8 Å². The SMILES string of the molecule is CC(=O)O[C@H]1C(=O)[C@@]2(C)[C@H]([C@H](OC(=O)c3ccccc3)[C@]3(O)C[C@H](OC(=O)[C@H](O)[C@@H](NC(=O)c4ccccc4)c4ccccc4)C(C)=C1C3(C)C)[C@]1(OC(C)=O)CO[C@@H]1C[C@@H]2O.CC(=O)O[C@H]1C(=O)[C@@]2(C)[C@H]([C@H](OC(=O)c3ccccc3)[C@]3(O)C[C@H](OC(=O)[C@H](O)[C@@H](NC(=O)c4ccccc4)c4ccccc4)C(C)=C1C3(C)C)[C@]1(OC(C)=O)CO[C@@H]1C[C@@H]2O.O.O. The molecule has 6 aromatic rings. The second-order valence-electron chi connectivity index (χ2n) is 34.7. The molecule has 6 aliphatic carbocycles. The van der Waals surface area contributed by atoms with E-state index in [4.69, 9.17) is 47.4 Å². The average molecular weight is 1740 g/mol. The summed E-state index contributed by atoms with van der Waals surface area (Å²) in [6.07, 6.45) is -21.0. The molecule has 672 valence electrons. The lowest BCUT2D eigenvalue weighted by Gasteiger charge is -2.67. The van der Waals surface area contributed by atoms with Crippen LogP contribution < -0.4 is 10.6 Å². The monoisotopic (exact) mass is 1740 g/mol. The molecular formula is C94H106N2O30. The first-order chi connectivity index (χ1) is 58.5. The highest BCUT2D eigenvalue weighted by atomic mass is 16.7. The van der Waals surface area contributed by atoms with E-state index in [-0.39, 0.29) is 81.6 Å². The van der Waals surface area contributed by atoms with Crippen molar-refractivity contribution in [2.75, 3.05) is 13.2 Å². The number of fused-ring (bicyclic) bond motifs is 10. The Hall–Kier alpha value is -11.6. The van der Waals surface area contributed by atoms with Crippen molar-refractivity contribution in [3.8, 4) is 0 Å². The summed E-state index contributed by atoms with van der Waals surface area (Å²) >= 11 is 0. The number of ether oxygens (including phenoxy) is 10. The maximum atomic E-state index is 15.5. The third kappa shape index (κ3) is 16.6. The molecule has 14 rings (SSSR count). The highest BCUT2D eigenvalue weighted by Gasteiger charge is 2.81. The predicted octanol–water partition coefficient (Wildman–Crippen LogP) is 5.82. The summed E-state index contributed by atoms with van der Waals surface area (Å²) < 4.78 is 60.5. The number of benzene rings is 6. The van der Waals surface area contributed by atoms with Gasteiger partial charge in [0, 0.05) is 75.3 Å². The maximum absolute atomic E-state index is 15.5. The number of Topliss-reactive ketones (excluding diaryl/α,β-unsaturated/α-hetero) is 2. The lowest BCUT2D eigenvalue weighted by Crippen LogP contribution is -2.82. The first kappa shape index (κ1) is 95.1. The zero-order valence-electron chi connectivity index (χ0n) is 71.5. The third-order valence-corrected chi connectivity index (χ3v) is 27.0. The van der Waals surface area contributed by atoms with E-state index in [0.29, 0.717) is 11.1 Å². The molecule has 0 spiro atoms. The van der Waals surface area contributed by atoms with Crippen LogP contribution in [0.2, 0.25) is 0 Å². The Labute approximate surface area is 725 Å². The molecule has 2 heterocycles. The molecule has 8 aliphatic rings. The Balaban J connectivity index is 0.000000241. The number of ketones is 2. The van der Waals surface area contributed by atoms with Gasteiger partial charge in [0.05, 0.1) is 71.3 Å². The van der Waals surface area contributed by atoms with Gasteiger partial charge in [-0.2, -0.15) is 0 Å². The lowest BCUT2D eigenvalue weighted by molar-refractivity contribution is -0.346. The van der Waals surface area contributed by atoms with Gasteiger partial charge in [-0.1, -0.05) is 161 Å². The summed E-state index contributed by atoms with van der Waals surface area (Å²) in [4.78, 5) is 167. The third-order valence-electron chi connectivity index (χ3n) is 27.0. The number of hydrogen-bond acceptors (Lipinski definition) is 28. The molecule has 0 radical (unpaired) electrons. The van der Waals surface area contributed by atoms with Crippen LogP contribution in [0.15, 0.2) is 204 Å². The number of rotatable bonds is 20. The molecule has 2 amide bonds. The molecule has 4 bridgehead atoms. The molecule has 0 aromatic heterocycles. The van der Waals surface area contributed by atoms with E-state index in [9.17, 15) is 78.6 Å². The van der Waals surface area contributed by atoms with E-state index in [1.807, 2.05) is 0 Å². The van der Waals surface area contributed by atoms with Crippen molar-refractivity contribution in [2.45, 2.75) is 217 Å². The molecule has 32 heteroatoms. The zero-order chi connectivity index (χ0) is 89.9. The normalized spacial score (nSPS) is 31.3. The Morgan fingerprint density at radius 1 is 0.413 bits per heavy atom. The van der Waals surface area contributed by atoms with Crippen LogP contribution >= 0.6 is 0 Å². The zero-order valence-corrected chi connectivity index (χ0v) is 71.5. The van der Waals surface area contributed by atoms with E-state index in [1.165, 1.54) is 52.0 Å². The number of esters is 8. The summed E-state index contributed by atoms with van der Waals surface area (Å²) in [6, 6.07) is 45.9. The van der Waals surface area contributed by atoms with Crippen LogP contribution in [0, 0.1) is 33.5 Å². The molecule has 2 aliphatic heterocycles. The quantitative estimate of drug-likeness (QED) is 0.0253. The van der Waals surface area contributed by atoms with Gasteiger partial charge in [0.2, 0.25) is 0 Å². The minimum absolute atomic E-state index is 0. The molecule has 12 N–H and O–H groups in total. The molecule has 126 heavy (non-hydrogen) atoms. The standard InChI is InChI=1S/2C47H51NO14.2H2O/c2*1-25-31(60-43(56)36(52)35(28-16-10-7-11-17-28)48-41(54)29-18-12-8-13-19-29)23-47(57)40(61-42(55)30-20-14-9-15-21-30)38-45(6,32(51)22-33-46(38,24-58-33)62-27(3)50)39(53)37(59-26(2)49)34(25)44(47,4)5;;/h2*7-21,31-33,35-38,40,51-52,57H,22-24H2,1-6H3,(H,48,54);2*1H2/t2*31-,32-,33+,35-,36+,37+,38-,40-,45+,46-,47+;;/m00../s1. The molecule has 22 atom stereocenters. The first-order valence-electron chi connectivity index (χ1n) is 40.9. The minimum Gasteiger partial charge on any atom is -0.456 e. The molecule has 0 unspecified atom stereocenters. The summed E-state index contributed by atoms with van der Waals surface area (Å²) in [7, 11) is 0. The van der Waals surface area contributed by atoms with Gasteiger partial charge in [-0.3, -0.25) is 38.4 Å². The lowest BCUT2D eigenvalue weighted by atomic mass is 9.44. The summed E-state index contributed by atoms with van der Waals surface area (Å²) in [5.41, 5.74) is -14.0. The number of amides is 2. The Morgan fingerprint density at radius 2 is 0.698 bits per heavy atom. The van der Waals surface area contributed by atoms with Gasteiger partial charge in [-0.05, 0) is 110 Å². The second-order valence-corrected chi connectivity index (χ2v) is 34.7. The average Bonchev–Trinajstić information content (AvgIpc) is 0.671. The fourth-order valence-corrected chi connectivity index (χ4v) is 20.4. The van der Waals surface area contributed by atoms with Crippen molar-refractivity contribution in [2.24, 2.45) is 33.5 Å². The van der Waals surface area contributed by atoms with E-state index < -0.39 is 225 Å². The highest BCUT2D eigenvalue weighted by Crippen LogP contribution is 2.67. The van der Waals surface area contributed by atoms with Crippen molar-refractivity contribution in [3.63, 3.8) is 0 Å². The Bertz CT molecular complexity index is 4890. The summed E-state index contributed by atoms with van der Waals surface area (Å²) in [6.45, 7) is 15.9. The Morgan fingerprint density at radius 3 is 0.968 bits per heavy atom. The van der Waals surface area contributed by atoms with Crippen LogP contribution in [0.25, 0.3) is 0 Å². The first-order valence-corrected chi connectivity index (χ1v) is 40.9. The van der Waals surface area contributed by atoms with E-state index in [0.717, 1.165) is 27.7 Å². The minimum atomic E-state index is -2.39. The van der Waals surface area contributed by atoms with Crippen molar-refractivity contribution in [3.05, 3.63) is 238 Å². The number of carbonyl (C=O) groups is 12. The van der Waals surface area contributed by atoms with Crippen molar-refractivity contribution >= 4 is 71.1 Å². The van der Waals surface area contributed by atoms with Crippen molar-refractivity contribution in [1.29, 1.82) is 0 Å². The van der Waals surface area contributed by atoms with Crippen LogP contribution in [0.4, 0.5) is 0 Å². The molecular weight excluding hydrogens is 1640 g/mol. The van der Waals surface area contributed by atoms with Gasteiger partial charge < -0.3 is 99.6 Å². The van der Waals surface area contributed by atoms with Crippen LogP contribution in [0.1, 0.15) is 173 Å². The van der Waals surface area contributed by atoms with Gasteiger partial charge >= 0.3 is 47.8 Å². The van der Waals surface area contributed by atoms with E-state index >= 15 is 9.59 Å². The number of nitrogens with one attached hydrogen (secondary N) is 2. The fourth-order valence-electron chi connectivity index (χ4n) is 20.4. The van der Waals surface area contributed by atoms with Crippen molar-refractivity contribution in [1.82, 2.24) is 10.6 Å². The van der Waals surface area contributed by atoms with Crippen LogP contribution in [0.3, 0.4) is 0 Å².